The molecule has 0 bridgehead atoms. The largest absolute Gasteiger partial charge is 0.392 e. The third-order valence-electron chi connectivity index (χ3n) is 2.72. The number of hydrogen-bond acceptors (Lipinski definition) is 1. The van der Waals surface area contributed by atoms with Crippen LogP contribution in [0, 0.1) is 11.8 Å². The zero-order chi connectivity index (χ0) is 8.27. The Hall–Kier alpha value is -0.460. The molecular weight excluding hydrogens is 134 g/mol. The van der Waals surface area contributed by atoms with Crippen molar-refractivity contribution < 1.29 is 0 Å². The Balaban J connectivity index is 2.41. The maximum absolute atomic E-state index is 3.22. The van der Waals surface area contributed by atoms with E-state index < -0.39 is 0 Å². The zero-order valence-electron chi connectivity index (χ0n) is 7.85. The maximum Gasteiger partial charge on any atom is 0.00637 e. The highest BCUT2D eigenvalue weighted by molar-refractivity contribution is 5.03. The highest BCUT2D eigenvalue weighted by atomic mass is 14.8. The highest BCUT2D eigenvalue weighted by Gasteiger charge is 2.16. The van der Waals surface area contributed by atoms with Crippen LogP contribution in [0.3, 0.4) is 0 Å². The van der Waals surface area contributed by atoms with Crippen LogP contribution in [-0.4, -0.2) is 7.05 Å². The van der Waals surface area contributed by atoms with E-state index in [9.17, 15) is 0 Å². The molecule has 1 heteroatoms. The van der Waals surface area contributed by atoms with Gasteiger partial charge >= 0.3 is 0 Å². The molecule has 64 valence electrons. The molecule has 0 saturated carbocycles. The topological polar surface area (TPSA) is 12.0 Å². The Labute approximate surface area is 69.9 Å². The lowest BCUT2D eigenvalue weighted by Crippen LogP contribution is -2.16. The van der Waals surface area contributed by atoms with Gasteiger partial charge in [0.05, 0.1) is 0 Å². The molecule has 0 aromatic rings. The molecule has 0 amide bonds. The summed E-state index contributed by atoms with van der Waals surface area (Å²) in [6.07, 6.45) is 6.24. The van der Waals surface area contributed by atoms with Gasteiger partial charge in [0.2, 0.25) is 0 Å². The van der Waals surface area contributed by atoms with E-state index in [1.165, 1.54) is 25.0 Å². The average Bonchev–Trinajstić information content (AvgIpc) is 2.05. The molecule has 1 atom stereocenters. The van der Waals surface area contributed by atoms with Gasteiger partial charge in [0.25, 0.3) is 0 Å². The van der Waals surface area contributed by atoms with E-state index in [0.29, 0.717) is 0 Å². The molecule has 0 fully saturated rings. The Morgan fingerprint density at radius 2 is 2.27 bits per heavy atom. The molecule has 0 aromatic carbocycles. The monoisotopic (exact) mass is 153 g/mol. The minimum absolute atomic E-state index is 0.852. The third-order valence-corrected chi connectivity index (χ3v) is 2.72. The van der Waals surface area contributed by atoms with E-state index in [0.717, 1.165) is 11.8 Å². The fraction of sp³-hybridized carbons (Fsp3) is 0.800. The minimum Gasteiger partial charge on any atom is -0.392 e. The molecule has 0 aromatic heterocycles. The first-order valence-electron chi connectivity index (χ1n) is 4.61. The van der Waals surface area contributed by atoms with Crippen molar-refractivity contribution in [2.75, 3.05) is 7.05 Å². The second-order valence-corrected chi connectivity index (χ2v) is 3.76. The molecule has 1 rings (SSSR count). The number of nitrogens with one attached hydrogen (secondary N) is 1. The van der Waals surface area contributed by atoms with Crippen molar-refractivity contribution in [1.29, 1.82) is 0 Å². The van der Waals surface area contributed by atoms with E-state index in [2.05, 4.69) is 25.2 Å². The van der Waals surface area contributed by atoms with Gasteiger partial charge in [0, 0.05) is 12.7 Å². The summed E-state index contributed by atoms with van der Waals surface area (Å²) in [6, 6.07) is 0. The van der Waals surface area contributed by atoms with Gasteiger partial charge < -0.3 is 5.32 Å². The average molecular weight is 153 g/mol. The van der Waals surface area contributed by atoms with Gasteiger partial charge in [-0.25, -0.2) is 0 Å². The SMILES string of the molecule is CNC1=CCC(C(C)C)CC1. The molecule has 1 N–H and O–H groups in total. The Morgan fingerprint density at radius 1 is 1.55 bits per heavy atom. The third kappa shape index (κ3) is 2.25. The summed E-state index contributed by atoms with van der Waals surface area (Å²) in [7, 11) is 2.02. The quantitative estimate of drug-likeness (QED) is 0.643. The van der Waals surface area contributed by atoms with Crippen LogP contribution in [0.25, 0.3) is 0 Å². The van der Waals surface area contributed by atoms with Gasteiger partial charge in [-0.05, 0) is 31.1 Å². The van der Waals surface area contributed by atoms with Gasteiger partial charge in [-0.3, -0.25) is 0 Å². The summed E-state index contributed by atoms with van der Waals surface area (Å²) in [5.74, 6) is 1.77. The summed E-state index contributed by atoms with van der Waals surface area (Å²) in [6.45, 7) is 4.64. The molecule has 0 spiro atoms. The molecule has 1 unspecified atom stereocenters. The molecule has 11 heavy (non-hydrogen) atoms. The molecular formula is C10H19N. The van der Waals surface area contributed by atoms with Gasteiger partial charge in [0.1, 0.15) is 0 Å². The van der Waals surface area contributed by atoms with Crippen molar-refractivity contribution in [2.24, 2.45) is 11.8 Å². The molecule has 0 saturated heterocycles. The van der Waals surface area contributed by atoms with Crippen molar-refractivity contribution in [3.05, 3.63) is 11.8 Å². The van der Waals surface area contributed by atoms with Crippen LogP contribution in [0.2, 0.25) is 0 Å². The van der Waals surface area contributed by atoms with E-state index >= 15 is 0 Å². The Kier molecular flexibility index (Phi) is 2.98. The van der Waals surface area contributed by atoms with Crippen molar-refractivity contribution in [3.8, 4) is 0 Å². The van der Waals surface area contributed by atoms with E-state index in [1.807, 2.05) is 7.05 Å². The van der Waals surface area contributed by atoms with Crippen LogP contribution in [0.1, 0.15) is 33.1 Å². The molecule has 1 nitrogen and oxygen atoms in total. The number of allylic oxidation sites excluding steroid dienone is 2. The van der Waals surface area contributed by atoms with Crippen LogP contribution in [-0.2, 0) is 0 Å². The van der Waals surface area contributed by atoms with Crippen LogP contribution >= 0.6 is 0 Å². The maximum atomic E-state index is 3.22. The lowest BCUT2D eigenvalue weighted by Gasteiger charge is -2.24. The first-order chi connectivity index (χ1) is 5.24. The fourth-order valence-electron chi connectivity index (χ4n) is 1.69. The van der Waals surface area contributed by atoms with Crippen LogP contribution in [0.15, 0.2) is 11.8 Å². The van der Waals surface area contributed by atoms with Gasteiger partial charge in [0.15, 0.2) is 0 Å². The fourth-order valence-corrected chi connectivity index (χ4v) is 1.69. The van der Waals surface area contributed by atoms with Crippen LogP contribution < -0.4 is 5.32 Å². The van der Waals surface area contributed by atoms with Crippen molar-refractivity contribution in [2.45, 2.75) is 33.1 Å². The predicted molar refractivity (Wildman–Crippen MR) is 49.3 cm³/mol. The highest BCUT2D eigenvalue weighted by Crippen LogP contribution is 2.27. The van der Waals surface area contributed by atoms with Crippen molar-refractivity contribution >= 4 is 0 Å². The summed E-state index contributed by atoms with van der Waals surface area (Å²) >= 11 is 0. The smallest absolute Gasteiger partial charge is 0.00637 e. The lowest BCUT2D eigenvalue weighted by molar-refractivity contribution is 0.347. The molecule has 1 aliphatic rings. The van der Waals surface area contributed by atoms with Crippen LogP contribution in [0.5, 0.6) is 0 Å². The first-order valence-corrected chi connectivity index (χ1v) is 4.61. The van der Waals surface area contributed by atoms with Gasteiger partial charge in [-0.2, -0.15) is 0 Å². The Bertz CT molecular complexity index is 147. The normalized spacial score (nSPS) is 25.1. The summed E-state index contributed by atoms with van der Waals surface area (Å²) in [5.41, 5.74) is 1.43. The summed E-state index contributed by atoms with van der Waals surface area (Å²) in [5, 5.41) is 3.22. The van der Waals surface area contributed by atoms with Gasteiger partial charge in [-0.15, -0.1) is 0 Å². The minimum atomic E-state index is 0.852. The molecule has 0 radical (unpaired) electrons. The second kappa shape index (κ2) is 3.80. The van der Waals surface area contributed by atoms with E-state index in [4.69, 9.17) is 0 Å². The zero-order valence-corrected chi connectivity index (χ0v) is 7.85. The predicted octanol–water partition coefficient (Wildman–Crippen LogP) is 2.55. The lowest BCUT2D eigenvalue weighted by atomic mass is 9.84. The van der Waals surface area contributed by atoms with Gasteiger partial charge in [-0.1, -0.05) is 19.9 Å². The van der Waals surface area contributed by atoms with E-state index in [1.54, 1.807) is 0 Å². The second-order valence-electron chi connectivity index (χ2n) is 3.76. The number of hydrogen-bond donors (Lipinski definition) is 1. The summed E-state index contributed by atoms with van der Waals surface area (Å²) in [4.78, 5) is 0. The molecule has 0 heterocycles. The molecule has 1 aliphatic carbocycles. The molecule has 0 aliphatic heterocycles. The standard InChI is InChI=1S/C10H19N/c1-8(2)9-4-6-10(11-3)7-5-9/h6,8-9,11H,4-5,7H2,1-3H3. The van der Waals surface area contributed by atoms with Crippen LogP contribution in [0.4, 0.5) is 0 Å². The van der Waals surface area contributed by atoms with Crippen molar-refractivity contribution in [1.82, 2.24) is 5.32 Å². The number of rotatable bonds is 2. The summed E-state index contributed by atoms with van der Waals surface area (Å²) < 4.78 is 0. The first kappa shape index (κ1) is 8.63. The Morgan fingerprint density at radius 3 is 2.64 bits per heavy atom. The van der Waals surface area contributed by atoms with Crippen molar-refractivity contribution in [3.63, 3.8) is 0 Å². The van der Waals surface area contributed by atoms with E-state index in [-0.39, 0.29) is 0 Å².